The molecule has 1 atom stereocenters. The number of ether oxygens (including phenoxy) is 1. The van der Waals surface area contributed by atoms with Crippen molar-refractivity contribution in [3.8, 4) is 0 Å². The standard InChI is InChI=1S/C19H15BrClN3O2/c1-2-26-18(25)15-10-17(12-8-7-11(20)9-13(12)21)24-16-6-4-3-5-14(16)22-19(24)23-15/h3-10,17H,2H2,1H3,(H,22,23)/t17-/m1/s1. The minimum atomic E-state index is -0.413. The molecule has 1 aromatic heterocycles. The molecular formula is C19H15BrClN3O2. The third-order valence-electron chi connectivity index (χ3n) is 4.22. The molecule has 5 nitrogen and oxygen atoms in total. The van der Waals surface area contributed by atoms with Crippen molar-refractivity contribution >= 4 is 50.5 Å². The molecule has 0 saturated carbocycles. The number of fused-ring (bicyclic) bond motifs is 3. The van der Waals surface area contributed by atoms with Gasteiger partial charge in [0.25, 0.3) is 0 Å². The smallest absolute Gasteiger partial charge is 0.354 e. The highest BCUT2D eigenvalue weighted by Gasteiger charge is 2.29. The lowest BCUT2D eigenvalue weighted by molar-refractivity contribution is -0.138. The molecule has 0 amide bonds. The molecule has 132 valence electrons. The molecule has 0 bridgehead atoms. The molecule has 0 aliphatic carbocycles. The van der Waals surface area contributed by atoms with E-state index in [0.29, 0.717) is 23.3 Å². The Hall–Kier alpha value is -2.31. The van der Waals surface area contributed by atoms with Gasteiger partial charge in [-0.25, -0.2) is 9.78 Å². The van der Waals surface area contributed by atoms with Gasteiger partial charge < -0.3 is 10.1 Å². The molecule has 0 spiro atoms. The Balaban J connectivity index is 1.92. The van der Waals surface area contributed by atoms with Crippen LogP contribution in [0.3, 0.4) is 0 Å². The van der Waals surface area contributed by atoms with Gasteiger partial charge in [0.15, 0.2) is 0 Å². The molecule has 4 rings (SSSR count). The summed E-state index contributed by atoms with van der Waals surface area (Å²) >= 11 is 9.94. The Kier molecular flexibility index (Phi) is 4.46. The first-order chi connectivity index (χ1) is 12.6. The van der Waals surface area contributed by atoms with E-state index in [-0.39, 0.29) is 6.04 Å². The predicted molar refractivity (Wildman–Crippen MR) is 105 cm³/mol. The van der Waals surface area contributed by atoms with Crippen LogP contribution in [-0.2, 0) is 9.53 Å². The summed E-state index contributed by atoms with van der Waals surface area (Å²) in [5, 5.41) is 3.69. The van der Waals surface area contributed by atoms with Crippen molar-refractivity contribution in [1.29, 1.82) is 0 Å². The summed E-state index contributed by atoms with van der Waals surface area (Å²) in [6.45, 7) is 2.08. The largest absolute Gasteiger partial charge is 0.461 e. The van der Waals surface area contributed by atoms with Crippen molar-refractivity contribution in [2.24, 2.45) is 0 Å². The molecule has 0 saturated heterocycles. The Labute approximate surface area is 163 Å². The van der Waals surface area contributed by atoms with Gasteiger partial charge >= 0.3 is 5.97 Å². The average Bonchev–Trinajstić information content (AvgIpc) is 3.00. The van der Waals surface area contributed by atoms with E-state index in [9.17, 15) is 4.79 Å². The second-order valence-corrected chi connectivity index (χ2v) is 7.15. The molecule has 1 N–H and O–H groups in total. The second kappa shape index (κ2) is 6.78. The van der Waals surface area contributed by atoms with Crippen LogP contribution < -0.4 is 5.32 Å². The lowest BCUT2D eigenvalue weighted by atomic mass is 10.0. The minimum Gasteiger partial charge on any atom is -0.461 e. The zero-order valence-corrected chi connectivity index (χ0v) is 16.2. The molecule has 0 radical (unpaired) electrons. The number of nitrogens with one attached hydrogen (secondary N) is 1. The fraction of sp³-hybridized carbons (Fsp3) is 0.158. The normalized spacial score (nSPS) is 16.0. The van der Waals surface area contributed by atoms with Crippen LogP contribution in [0.4, 0.5) is 5.95 Å². The molecule has 2 aromatic carbocycles. The Morgan fingerprint density at radius 1 is 1.35 bits per heavy atom. The number of esters is 1. The summed E-state index contributed by atoms with van der Waals surface area (Å²) in [5.74, 6) is 0.171. The van der Waals surface area contributed by atoms with Crippen LogP contribution in [0.25, 0.3) is 11.0 Å². The van der Waals surface area contributed by atoms with E-state index >= 15 is 0 Å². The fourth-order valence-electron chi connectivity index (χ4n) is 3.11. The monoisotopic (exact) mass is 431 g/mol. The van der Waals surface area contributed by atoms with Gasteiger partial charge in [-0.2, -0.15) is 0 Å². The van der Waals surface area contributed by atoms with Crippen molar-refractivity contribution in [2.45, 2.75) is 13.0 Å². The number of para-hydroxylation sites is 2. The highest BCUT2D eigenvalue weighted by Crippen LogP contribution is 2.37. The number of rotatable bonds is 3. The number of allylic oxidation sites excluding steroid dienone is 1. The SMILES string of the molecule is CCOC(=O)C1=C[C@H](c2ccc(Br)cc2Cl)n2c(nc3ccccc32)N1. The second-order valence-electron chi connectivity index (χ2n) is 5.83. The molecule has 3 aromatic rings. The molecule has 1 aliphatic heterocycles. The maximum Gasteiger partial charge on any atom is 0.354 e. The van der Waals surface area contributed by atoms with Crippen molar-refractivity contribution in [3.05, 3.63) is 69.3 Å². The van der Waals surface area contributed by atoms with Crippen molar-refractivity contribution in [1.82, 2.24) is 9.55 Å². The maximum atomic E-state index is 12.3. The number of carbonyl (C=O) groups is 1. The fourth-order valence-corrected chi connectivity index (χ4v) is 3.89. The molecule has 2 heterocycles. The average molecular weight is 433 g/mol. The van der Waals surface area contributed by atoms with Gasteiger partial charge in [-0.05, 0) is 42.8 Å². The van der Waals surface area contributed by atoms with Gasteiger partial charge in [0.1, 0.15) is 5.70 Å². The maximum absolute atomic E-state index is 12.3. The van der Waals surface area contributed by atoms with Gasteiger partial charge in [0.2, 0.25) is 5.95 Å². The lowest BCUT2D eigenvalue weighted by Crippen LogP contribution is -2.25. The summed E-state index contributed by atoms with van der Waals surface area (Å²) < 4.78 is 8.09. The first-order valence-electron chi connectivity index (χ1n) is 8.16. The van der Waals surface area contributed by atoms with E-state index in [0.717, 1.165) is 21.1 Å². The first kappa shape index (κ1) is 17.1. The summed E-state index contributed by atoms with van der Waals surface area (Å²) in [6.07, 6.45) is 1.83. The van der Waals surface area contributed by atoms with Crippen molar-refractivity contribution < 1.29 is 9.53 Å². The Morgan fingerprint density at radius 2 is 2.15 bits per heavy atom. The van der Waals surface area contributed by atoms with Crippen LogP contribution >= 0.6 is 27.5 Å². The third kappa shape index (κ3) is 2.89. The van der Waals surface area contributed by atoms with Gasteiger partial charge in [-0.15, -0.1) is 0 Å². The van der Waals surface area contributed by atoms with Crippen LogP contribution in [0, 0.1) is 0 Å². The number of hydrogen-bond acceptors (Lipinski definition) is 4. The topological polar surface area (TPSA) is 56.2 Å². The quantitative estimate of drug-likeness (QED) is 0.597. The van der Waals surface area contributed by atoms with Crippen molar-refractivity contribution in [3.63, 3.8) is 0 Å². The van der Waals surface area contributed by atoms with Crippen LogP contribution in [0.15, 0.2) is 58.7 Å². The highest BCUT2D eigenvalue weighted by atomic mass is 79.9. The van der Waals surface area contributed by atoms with E-state index in [1.54, 1.807) is 6.92 Å². The summed E-state index contributed by atoms with van der Waals surface area (Å²) in [5.41, 5.74) is 3.03. The molecule has 0 fully saturated rings. The molecular weight excluding hydrogens is 418 g/mol. The lowest BCUT2D eigenvalue weighted by Gasteiger charge is -2.26. The van der Waals surface area contributed by atoms with Crippen LogP contribution in [0.5, 0.6) is 0 Å². The zero-order valence-electron chi connectivity index (χ0n) is 13.9. The number of hydrogen-bond donors (Lipinski definition) is 1. The van der Waals surface area contributed by atoms with Crippen LogP contribution in [0.2, 0.25) is 5.02 Å². The highest BCUT2D eigenvalue weighted by molar-refractivity contribution is 9.10. The van der Waals surface area contributed by atoms with Gasteiger partial charge in [0.05, 0.1) is 23.7 Å². The summed E-state index contributed by atoms with van der Waals surface area (Å²) in [4.78, 5) is 16.9. The van der Waals surface area contributed by atoms with E-state index in [2.05, 4.69) is 26.2 Å². The van der Waals surface area contributed by atoms with Crippen molar-refractivity contribution in [2.75, 3.05) is 11.9 Å². The van der Waals surface area contributed by atoms with E-state index in [1.165, 1.54) is 0 Å². The molecule has 0 unspecified atom stereocenters. The number of imidazole rings is 1. The first-order valence-corrected chi connectivity index (χ1v) is 9.33. The molecule has 26 heavy (non-hydrogen) atoms. The number of anilines is 1. The summed E-state index contributed by atoms with van der Waals surface area (Å²) in [6, 6.07) is 13.3. The number of aromatic nitrogens is 2. The van der Waals surface area contributed by atoms with Gasteiger partial charge in [-0.1, -0.05) is 45.7 Å². The Bertz CT molecular complexity index is 1040. The molecule has 7 heteroatoms. The van der Waals surface area contributed by atoms with E-state index < -0.39 is 5.97 Å². The minimum absolute atomic E-state index is 0.279. The predicted octanol–water partition coefficient (Wildman–Crippen LogP) is 4.91. The van der Waals surface area contributed by atoms with Gasteiger partial charge in [0, 0.05) is 9.50 Å². The number of carbonyl (C=O) groups excluding carboxylic acids is 1. The summed E-state index contributed by atoms with van der Waals surface area (Å²) in [7, 11) is 0. The third-order valence-corrected chi connectivity index (χ3v) is 5.04. The number of nitrogens with zero attached hydrogens (tertiary/aromatic N) is 2. The van der Waals surface area contributed by atoms with E-state index in [1.807, 2.05) is 53.1 Å². The van der Waals surface area contributed by atoms with Crippen LogP contribution in [0.1, 0.15) is 18.5 Å². The van der Waals surface area contributed by atoms with Gasteiger partial charge in [-0.3, -0.25) is 4.57 Å². The molecule has 1 aliphatic rings. The zero-order chi connectivity index (χ0) is 18.3. The van der Waals surface area contributed by atoms with E-state index in [4.69, 9.17) is 16.3 Å². The van der Waals surface area contributed by atoms with Crippen LogP contribution in [-0.4, -0.2) is 22.1 Å². The Morgan fingerprint density at radius 3 is 2.92 bits per heavy atom. The number of halogens is 2. The number of benzene rings is 2.